The van der Waals surface area contributed by atoms with Crippen molar-refractivity contribution in [1.82, 2.24) is 9.55 Å². The molecule has 4 aromatic rings. The first-order chi connectivity index (χ1) is 17.6. The largest absolute Gasteiger partial charge is 0.454 e. The summed E-state index contributed by atoms with van der Waals surface area (Å²) >= 11 is 3.20. The van der Waals surface area contributed by atoms with Gasteiger partial charge in [0.25, 0.3) is 5.56 Å². The Bertz CT molecular complexity index is 1460. The van der Waals surface area contributed by atoms with Gasteiger partial charge in [0.05, 0.1) is 18.1 Å². The maximum Gasteiger partial charge on any atom is 0.263 e. The third kappa shape index (κ3) is 4.53. The number of ether oxygens (including phenoxy) is 3. The molecule has 0 amide bonds. The molecule has 8 heteroatoms. The van der Waals surface area contributed by atoms with Crippen LogP contribution >= 0.6 is 23.1 Å². The van der Waals surface area contributed by atoms with Gasteiger partial charge in [-0.2, -0.15) is 0 Å². The molecule has 36 heavy (non-hydrogen) atoms. The molecule has 2 aliphatic rings. The highest BCUT2D eigenvalue weighted by atomic mass is 32.2. The molecular formula is C28H28N2O4S2. The highest BCUT2D eigenvalue weighted by molar-refractivity contribution is 7.98. The second kappa shape index (κ2) is 9.92. The van der Waals surface area contributed by atoms with Gasteiger partial charge in [0, 0.05) is 23.6 Å². The van der Waals surface area contributed by atoms with Crippen molar-refractivity contribution in [2.45, 2.75) is 56.9 Å². The van der Waals surface area contributed by atoms with Crippen molar-refractivity contribution in [3.8, 4) is 11.5 Å². The van der Waals surface area contributed by atoms with E-state index in [1.54, 1.807) is 23.1 Å². The molecule has 6 nitrogen and oxygen atoms in total. The van der Waals surface area contributed by atoms with Gasteiger partial charge in [0.15, 0.2) is 16.7 Å². The molecule has 6 rings (SSSR count). The molecule has 0 spiro atoms. The summed E-state index contributed by atoms with van der Waals surface area (Å²) in [6.07, 6.45) is 1.68. The fourth-order valence-electron chi connectivity index (χ4n) is 4.74. The standard InChI is InChI=1S/C28H28N2O4S2/c1-17(2)22-13-20-24(14-32-22)36-26-25(20)27(31)30(11-10-18-6-4-3-5-7-18)28(29-26)35-15-19-8-9-21-23(12-19)34-16-33-21/h3-9,12,17,22H,10-11,13-16H2,1-2H3/t22-/m0/s1. The molecule has 0 aliphatic carbocycles. The van der Waals surface area contributed by atoms with Crippen molar-refractivity contribution in [2.24, 2.45) is 5.92 Å². The van der Waals surface area contributed by atoms with Gasteiger partial charge >= 0.3 is 0 Å². The predicted octanol–water partition coefficient (Wildman–Crippen LogP) is 5.82. The maximum atomic E-state index is 14.0. The number of benzene rings is 2. The van der Waals surface area contributed by atoms with Crippen molar-refractivity contribution >= 4 is 33.3 Å². The average molecular weight is 521 g/mol. The minimum Gasteiger partial charge on any atom is -0.454 e. The van der Waals surface area contributed by atoms with Gasteiger partial charge in [-0.1, -0.05) is 62.0 Å². The number of thiophene rings is 1. The van der Waals surface area contributed by atoms with Crippen LogP contribution in [0.1, 0.15) is 35.4 Å². The summed E-state index contributed by atoms with van der Waals surface area (Å²) in [4.78, 5) is 21.0. The Labute approximate surface area is 218 Å². The van der Waals surface area contributed by atoms with Crippen LogP contribution in [0.15, 0.2) is 58.5 Å². The van der Waals surface area contributed by atoms with Crippen molar-refractivity contribution < 1.29 is 14.2 Å². The highest BCUT2D eigenvalue weighted by Crippen LogP contribution is 2.37. The number of hydrogen-bond donors (Lipinski definition) is 0. The van der Waals surface area contributed by atoms with E-state index in [1.165, 1.54) is 5.56 Å². The molecule has 0 saturated heterocycles. The smallest absolute Gasteiger partial charge is 0.263 e. The predicted molar refractivity (Wildman–Crippen MR) is 143 cm³/mol. The van der Waals surface area contributed by atoms with E-state index in [1.807, 2.05) is 41.0 Å². The Balaban J connectivity index is 1.36. The van der Waals surface area contributed by atoms with Crippen LogP contribution in [-0.4, -0.2) is 22.4 Å². The van der Waals surface area contributed by atoms with Gasteiger partial charge < -0.3 is 14.2 Å². The van der Waals surface area contributed by atoms with Gasteiger partial charge in [0.1, 0.15) is 4.83 Å². The van der Waals surface area contributed by atoms with E-state index >= 15 is 0 Å². The third-order valence-corrected chi connectivity index (χ3v) is 8.96. The zero-order valence-electron chi connectivity index (χ0n) is 20.4. The Morgan fingerprint density at radius 1 is 1.11 bits per heavy atom. The number of thioether (sulfide) groups is 1. The van der Waals surface area contributed by atoms with Crippen LogP contribution in [0.3, 0.4) is 0 Å². The zero-order valence-corrected chi connectivity index (χ0v) is 22.0. The lowest BCUT2D eigenvalue weighted by atomic mass is 9.96. The second-order valence-electron chi connectivity index (χ2n) is 9.54. The molecule has 4 heterocycles. The van der Waals surface area contributed by atoms with Crippen LogP contribution in [0, 0.1) is 5.92 Å². The SMILES string of the molecule is CC(C)[C@@H]1Cc2c(sc3nc(SCc4ccc5c(c4)OCO5)n(CCc4ccccc4)c(=O)c23)CO1. The van der Waals surface area contributed by atoms with E-state index in [9.17, 15) is 4.79 Å². The summed E-state index contributed by atoms with van der Waals surface area (Å²) in [6, 6.07) is 16.3. The quantitative estimate of drug-likeness (QED) is 0.226. The van der Waals surface area contributed by atoms with Crippen LogP contribution < -0.4 is 15.0 Å². The topological polar surface area (TPSA) is 62.6 Å². The van der Waals surface area contributed by atoms with E-state index in [4.69, 9.17) is 19.2 Å². The normalized spacial score (nSPS) is 16.6. The Morgan fingerprint density at radius 2 is 1.94 bits per heavy atom. The van der Waals surface area contributed by atoms with Gasteiger partial charge in [-0.25, -0.2) is 4.98 Å². The fraction of sp³-hybridized carbons (Fsp3) is 0.357. The van der Waals surface area contributed by atoms with Crippen molar-refractivity contribution in [1.29, 1.82) is 0 Å². The number of nitrogens with zero attached hydrogens (tertiary/aromatic N) is 2. The first-order valence-electron chi connectivity index (χ1n) is 12.3. The fourth-order valence-corrected chi connectivity index (χ4v) is 6.87. The van der Waals surface area contributed by atoms with E-state index in [0.717, 1.165) is 55.7 Å². The van der Waals surface area contributed by atoms with Crippen molar-refractivity contribution in [2.75, 3.05) is 6.79 Å². The maximum absolute atomic E-state index is 14.0. The van der Waals surface area contributed by atoms with E-state index in [0.29, 0.717) is 24.8 Å². The molecular weight excluding hydrogens is 492 g/mol. The van der Waals surface area contributed by atoms with Crippen LogP contribution in [0.25, 0.3) is 10.2 Å². The molecule has 0 unspecified atom stereocenters. The first kappa shape index (κ1) is 23.6. The molecule has 0 bridgehead atoms. The highest BCUT2D eigenvalue weighted by Gasteiger charge is 2.28. The van der Waals surface area contributed by atoms with Crippen molar-refractivity contribution in [3.05, 3.63) is 80.5 Å². The van der Waals surface area contributed by atoms with E-state index in [-0.39, 0.29) is 18.5 Å². The molecule has 2 aromatic carbocycles. The monoisotopic (exact) mass is 520 g/mol. The molecule has 0 N–H and O–H groups in total. The van der Waals surface area contributed by atoms with Gasteiger partial charge in [-0.15, -0.1) is 11.3 Å². The third-order valence-electron chi connectivity index (χ3n) is 6.81. The Morgan fingerprint density at radius 3 is 2.78 bits per heavy atom. The molecule has 186 valence electrons. The minimum absolute atomic E-state index is 0.0611. The number of aromatic nitrogens is 2. The zero-order chi connectivity index (χ0) is 24.6. The van der Waals surface area contributed by atoms with E-state index < -0.39 is 0 Å². The van der Waals surface area contributed by atoms with Gasteiger partial charge in [-0.05, 0) is 41.2 Å². The van der Waals surface area contributed by atoms with E-state index in [2.05, 4.69) is 26.0 Å². The lowest BCUT2D eigenvalue weighted by molar-refractivity contribution is 0.00200. The number of rotatable bonds is 7. The lowest BCUT2D eigenvalue weighted by Gasteiger charge is -2.26. The Hall–Kier alpha value is -2.81. The number of fused-ring (bicyclic) bond motifs is 4. The van der Waals surface area contributed by atoms with Gasteiger partial charge in [-0.3, -0.25) is 9.36 Å². The molecule has 0 radical (unpaired) electrons. The van der Waals surface area contributed by atoms with Crippen LogP contribution in [-0.2, 0) is 36.5 Å². The molecule has 2 aliphatic heterocycles. The molecule has 1 atom stereocenters. The summed E-state index contributed by atoms with van der Waals surface area (Å²) < 4.78 is 18.9. The summed E-state index contributed by atoms with van der Waals surface area (Å²) in [7, 11) is 0. The second-order valence-corrected chi connectivity index (χ2v) is 11.6. The number of hydrogen-bond acceptors (Lipinski definition) is 7. The summed E-state index contributed by atoms with van der Waals surface area (Å²) in [5.74, 6) is 2.62. The molecule has 2 aromatic heterocycles. The summed E-state index contributed by atoms with van der Waals surface area (Å²) in [5.41, 5.74) is 3.51. The van der Waals surface area contributed by atoms with Gasteiger partial charge in [0.2, 0.25) is 6.79 Å². The van der Waals surface area contributed by atoms with Crippen LogP contribution in [0.5, 0.6) is 11.5 Å². The average Bonchev–Trinajstić information content (AvgIpc) is 3.51. The van der Waals surface area contributed by atoms with Crippen LogP contribution in [0.4, 0.5) is 0 Å². The first-order valence-corrected chi connectivity index (χ1v) is 14.1. The molecule has 0 saturated carbocycles. The summed E-state index contributed by atoms with van der Waals surface area (Å²) in [6.45, 7) is 5.75. The molecule has 0 fully saturated rings. The Kier molecular flexibility index (Phi) is 6.50. The number of aryl methyl sites for hydroxylation is 1. The lowest BCUT2D eigenvalue weighted by Crippen LogP contribution is -2.29. The summed E-state index contributed by atoms with van der Waals surface area (Å²) in [5, 5.41) is 1.53. The van der Waals surface area contributed by atoms with Crippen LogP contribution in [0.2, 0.25) is 0 Å². The minimum atomic E-state index is 0.0611. The van der Waals surface area contributed by atoms with Crippen molar-refractivity contribution in [3.63, 3.8) is 0 Å².